The van der Waals surface area contributed by atoms with Gasteiger partial charge in [-0.25, -0.2) is 0 Å². The summed E-state index contributed by atoms with van der Waals surface area (Å²) in [4.78, 5) is 0. The molecule has 1 rings (SSSR count). The molecule has 5 radical (unpaired) electrons. The van der Waals surface area contributed by atoms with Crippen LogP contribution in [0.4, 0.5) is 8.22 Å². The Kier molecular flexibility index (Phi) is 7.92. The molecule has 0 saturated heterocycles. The van der Waals surface area contributed by atoms with E-state index in [0.717, 1.165) is 6.55 Å². The monoisotopic (exact) mass is 298 g/mol. The van der Waals surface area contributed by atoms with Crippen molar-refractivity contribution in [2.45, 2.75) is 6.55 Å². The van der Waals surface area contributed by atoms with Gasteiger partial charge in [-0.3, -0.25) is 8.22 Å². The molecule has 0 heterocycles. The zero-order chi connectivity index (χ0) is 10.5. The van der Waals surface area contributed by atoms with Gasteiger partial charge in [-0.15, -0.1) is 0 Å². The van der Waals surface area contributed by atoms with Crippen LogP contribution >= 0.6 is 27.9 Å². The molecule has 0 spiro atoms. The normalized spacial score (nSPS) is 18.0. The SMILES string of the molecule is C[Si](F)(F)[C]1[CH][CH][CH][CH]1.[Cl][Ti+]([Cl])[Cl]. The molecule has 0 aromatic rings. The van der Waals surface area contributed by atoms with E-state index < -0.39 is 23.4 Å². The number of halogens is 5. The van der Waals surface area contributed by atoms with Gasteiger partial charge >= 0.3 is 51.3 Å². The van der Waals surface area contributed by atoms with Crippen LogP contribution < -0.4 is 0 Å². The summed E-state index contributed by atoms with van der Waals surface area (Å²) in [6.07, 6.45) is 6.23. The minimum absolute atomic E-state index is 0.225. The van der Waals surface area contributed by atoms with Crippen molar-refractivity contribution in [2.75, 3.05) is 0 Å². The maximum atomic E-state index is 12.4. The molecular weight excluding hydrogens is 292 g/mol. The van der Waals surface area contributed by atoms with Gasteiger partial charge in [0.25, 0.3) is 0 Å². The van der Waals surface area contributed by atoms with Crippen molar-refractivity contribution >= 4 is 36.7 Å². The Hall–Kier alpha value is 1.66. The number of hydrogen-bond acceptors (Lipinski definition) is 0. The second-order valence-electron chi connectivity index (χ2n) is 2.28. The van der Waals surface area contributed by atoms with Crippen LogP contribution in [0.1, 0.15) is 0 Å². The van der Waals surface area contributed by atoms with Gasteiger partial charge in [0.15, 0.2) is 0 Å². The number of hydrogen-bond donors (Lipinski definition) is 0. The van der Waals surface area contributed by atoms with Gasteiger partial charge in [0.2, 0.25) is 0 Å². The van der Waals surface area contributed by atoms with Crippen molar-refractivity contribution in [3.63, 3.8) is 0 Å². The molecule has 0 aromatic heterocycles. The average Bonchev–Trinajstić information content (AvgIpc) is 2.31. The molecule has 1 fully saturated rings. The summed E-state index contributed by atoms with van der Waals surface area (Å²) in [5, 5.41) is 0. The van der Waals surface area contributed by atoms with E-state index in [1.165, 1.54) is 12.8 Å². The average molecular weight is 299 g/mol. The molecule has 1 aliphatic rings. The molecule has 0 nitrogen and oxygen atoms in total. The van der Waals surface area contributed by atoms with Crippen LogP contribution in [-0.4, -0.2) is 8.74 Å². The summed E-state index contributed by atoms with van der Waals surface area (Å²) in [5.74, 6) is 0. The third kappa shape index (κ3) is 8.64. The molecule has 73 valence electrons. The van der Waals surface area contributed by atoms with Crippen LogP contribution in [0.3, 0.4) is 0 Å². The van der Waals surface area contributed by atoms with Crippen LogP contribution in [0, 0.1) is 31.2 Å². The van der Waals surface area contributed by atoms with Gasteiger partial charge < -0.3 is 0 Å². The molecule has 0 atom stereocenters. The van der Waals surface area contributed by atoms with E-state index in [0.29, 0.717) is 0 Å². The fourth-order valence-corrected chi connectivity index (χ4v) is 1.44. The zero-order valence-corrected chi connectivity index (χ0v) is 11.5. The molecule has 7 heteroatoms. The van der Waals surface area contributed by atoms with Gasteiger partial charge in [0.1, 0.15) is 0 Å². The maximum absolute atomic E-state index is 12.4. The topological polar surface area (TPSA) is 0 Å². The Morgan fingerprint density at radius 2 is 1.46 bits per heavy atom. The van der Waals surface area contributed by atoms with Gasteiger partial charge in [-0.05, 0) is 32.2 Å². The van der Waals surface area contributed by atoms with Crippen molar-refractivity contribution in [1.29, 1.82) is 0 Å². The zero-order valence-electron chi connectivity index (χ0n) is 6.70. The van der Waals surface area contributed by atoms with Crippen LogP contribution in [0.25, 0.3) is 0 Å². The van der Waals surface area contributed by atoms with Crippen molar-refractivity contribution in [2.24, 2.45) is 0 Å². The fraction of sp³-hybridized carbons (Fsp3) is 0.167. The first-order chi connectivity index (χ1) is 5.84. The predicted octanol–water partition coefficient (Wildman–Crippen LogP) is 4.01. The van der Waals surface area contributed by atoms with E-state index in [4.69, 9.17) is 27.9 Å². The molecule has 0 aliphatic heterocycles. The Morgan fingerprint density at radius 3 is 1.62 bits per heavy atom. The van der Waals surface area contributed by atoms with E-state index in [-0.39, 0.29) is 5.54 Å². The molecule has 13 heavy (non-hydrogen) atoms. The first-order valence-electron chi connectivity index (χ1n) is 3.27. The molecule has 1 saturated carbocycles. The van der Waals surface area contributed by atoms with Crippen molar-refractivity contribution < 1.29 is 22.9 Å². The van der Waals surface area contributed by atoms with E-state index in [1.54, 1.807) is 12.8 Å². The van der Waals surface area contributed by atoms with E-state index in [1.807, 2.05) is 0 Å². The van der Waals surface area contributed by atoms with Crippen LogP contribution in [0.5, 0.6) is 0 Å². The first kappa shape index (κ1) is 14.7. The summed E-state index contributed by atoms with van der Waals surface area (Å²) in [6.45, 7) is 1.03. The Bertz CT molecular complexity index is 134. The predicted molar refractivity (Wildman–Crippen MR) is 51.8 cm³/mol. The Labute approximate surface area is 96.7 Å². The summed E-state index contributed by atoms with van der Waals surface area (Å²) in [5.41, 5.74) is 0.225. The van der Waals surface area contributed by atoms with Gasteiger partial charge in [-0.2, -0.15) is 0 Å². The minimum atomic E-state index is -3.98. The van der Waals surface area contributed by atoms with Crippen LogP contribution in [-0.2, 0) is 14.7 Å². The Balaban J connectivity index is 0.000000310. The quantitative estimate of drug-likeness (QED) is 0.507. The molecule has 0 bridgehead atoms. The Morgan fingerprint density at radius 1 is 1.15 bits per heavy atom. The summed E-state index contributed by atoms with van der Waals surface area (Å²) in [6, 6.07) is 0. The van der Waals surface area contributed by atoms with Gasteiger partial charge in [-0.1, -0.05) is 0 Å². The third-order valence-electron chi connectivity index (χ3n) is 1.17. The fourth-order valence-electron chi connectivity index (χ4n) is 0.667. The molecule has 0 aromatic carbocycles. The van der Waals surface area contributed by atoms with E-state index in [2.05, 4.69) is 0 Å². The first-order valence-corrected chi connectivity index (χ1v) is 12.0. The summed E-state index contributed by atoms with van der Waals surface area (Å²) >= 11 is -1.92. The molecule has 0 N–H and O–H groups in total. The molecule has 1 aliphatic carbocycles. The summed E-state index contributed by atoms with van der Waals surface area (Å²) < 4.78 is 24.9. The second kappa shape index (κ2) is 7.02. The van der Waals surface area contributed by atoms with Gasteiger partial charge in [0, 0.05) is 5.54 Å². The van der Waals surface area contributed by atoms with Crippen molar-refractivity contribution in [3.05, 3.63) is 31.2 Å². The van der Waals surface area contributed by atoms with Crippen LogP contribution in [0.15, 0.2) is 0 Å². The van der Waals surface area contributed by atoms with E-state index in [9.17, 15) is 8.22 Å². The number of rotatable bonds is 1. The van der Waals surface area contributed by atoms with Crippen molar-refractivity contribution in [1.82, 2.24) is 0 Å². The summed E-state index contributed by atoms with van der Waals surface area (Å²) in [7, 11) is 10.9. The second-order valence-corrected chi connectivity index (χ2v) is 12.4. The molecule has 0 unspecified atom stereocenters. The third-order valence-corrected chi connectivity index (χ3v) is 2.52. The van der Waals surface area contributed by atoms with Crippen LogP contribution in [0.2, 0.25) is 6.55 Å². The standard InChI is InChI=1S/C6H7F2Si.3ClH.Ti/c1-9(7,8)6-4-2-3-5-6;;;;/h2-5H,1H3;3*1H;/q;;;;+4/p-3. The molecule has 0 amide bonds. The van der Waals surface area contributed by atoms with Gasteiger partial charge in [0.05, 0.1) is 0 Å². The van der Waals surface area contributed by atoms with E-state index >= 15 is 0 Å². The van der Waals surface area contributed by atoms with Crippen molar-refractivity contribution in [3.8, 4) is 0 Å². The molecular formula is C6H7Cl3F2SiTi+.